The van der Waals surface area contributed by atoms with Crippen LogP contribution in [0.25, 0.3) is 6.08 Å². The minimum Gasteiger partial charge on any atom is -0.493 e. The minimum absolute atomic E-state index is 0.182. The molecule has 0 bridgehead atoms. The maximum atomic E-state index is 13.1. The van der Waals surface area contributed by atoms with Crippen LogP contribution in [0.2, 0.25) is 0 Å². The molecule has 0 aromatic heterocycles. The van der Waals surface area contributed by atoms with E-state index in [1.807, 2.05) is 6.92 Å². The molecule has 120 valence electrons. The van der Waals surface area contributed by atoms with Crippen LogP contribution in [0.4, 0.5) is 13.2 Å². The van der Waals surface area contributed by atoms with Gasteiger partial charge in [0.05, 0.1) is 6.61 Å². The van der Waals surface area contributed by atoms with Crippen LogP contribution < -0.4 is 9.47 Å². The van der Waals surface area contributed by atoms with Crippen LogP contribution in [-0.2, 0) is 4.79 Å². The molecule has 4 nitrogen and oxygen atoms in total. The fourth-order valence-corrected chi connectivity index (χ4v) is 2.12. The maximum absolute atomic E-state index is 13.1. The van der Waals surface area contributed by atoms with Gasteiger partial charge in [0, 0.05) is 11.6 Å². The molecule has 1 atom stereocenters. The highest BCUT2D eigenvalue weighted by atomic mass is 35.5. The molecule has 1 unspecified atom stereocenters. The first-order valence-corrected chi connectivity index (χ1v) is 6.74. The van der Waals surface area contributed by atoms with E-state index in [0.29, 0.717) is 12.4 Å². The quantitative estimate of drug-likeness (QED) is 0.849. The van der Waals surface area contributed by atoms with E-state index < -0.39 is 22.8 Å². The molecule has 1 N–H and O–H groups in total. The summed E-state index contributed by atoms with van der Waals surface area (Å²) in [5.74, 6) is -1.68. The fourth-order valence-electron chi connectivity index (χ4n) is 1.90. The van der Waals surface area contributed by atoms with Crippen molar-refractivity contribution in [2.24, 2.45) is 0 Å². The van der Waals surface area contributed by atoms with E-state index in [2.05, 4.69) is 0 Å². The van der Waals surface area contributed by atoms with E-state index in [1.54, 1.807) is 0 Å². The zero-order chi connectivity index (χ0) is 16.5. The van der Waals surface area contributed by atoms with E-state index in [9.17, 15) is 18.0 Å². The average molecular weight is 337 g/mol. The number of aliphatic carboxylic acids is 1. The molecule has 1 aliphatic rings. The SMILES string of the molecule is CCCOc1ccc2c(c1)OC(Cl)(C(F)(F)F)C(C(=O)O)=C2. The third kappa shape index (κ3) is 2.85. The molecule has 0 saturated carbocycles. The molecule has 1 heterocycles. The first kappa shape index (κ1) is 16.5. The lowest BCUT2D eigenvalue weighted by atomic mass is 10.0. The second kappa shape index (κ2) is 5.72. The highest BCUT2D eigenvalue weighted by molar-refractivity contribution is 6.29. The van der Waals surface area contributed by atoms with E-state index in [4.69, 9.17) is 26.2 Å². The Morgan fingerprint density at radius 3 is 2.68 bits per heavy atom. The fraction of sp³-hybridized carbons (Fsp3) is 0.357. The van der Waals surface area contributed by atoms with Crippen molar-refractivity contribution in [2.45, 2.75) is 24.6 Å². The molecule has 1 aromatic carbocycles. The second-order valence-corrected chi connectivity index (χ2v) is 5.14. The molecule has 0 fully saturated rings. The van der Waals surface area contributed by atoms with Crippen LogP contribution in [0.1, 0.15) is 18.9 Å². The highest BCUT2D eigenvalue weighted by Crippen LogP contribution is 2.48. The monoisotopic (exact) mass is 336 g/mol. The first-order chi connectivity index (χ1) is 10.2. The average Bonchev–Trinajstić information content (AvgIpc) is 2.42. The van der Waals surface area contributed by atoms with Gasteiger partial charge < -0.3 is 14.6 Å². The van der Waals surface area contributed by atoms with Gasteiger partial charge in [0.25, 0.3) is 0 Å². The summed E-state index contributed by atoms with van der Waals surface area (Å²) < 4.78 is 49.5. The molecule has 0 radical (unpaired) electrons. The number of hydrogen-bond acceptors (Lipinski definition) is 3. The summed E-state index contributed by atoms with van der Waals surface area (Å²) >= 11 is 5.46. The van der Waals surface area contributed by atoms with Crippen LogP contribution in [0.15, 0.2) is 23.8 Å². The van der Waals surface area contributed by atoms with Crippen LogP contribution in [-0.4, -0.2) is 28.9 Å². The van der Waals surface area contributed by atoms with E-state index in [-0.39, 0.29) is 11.3 Å². The van der Waals surface area contributed by atoms with Crippen LogP contribution in [0.3, 0.4) is 0 Å². The first-order valence-electron chi connectivity index (χ1n) is 6.36. The Hall–Kier alpha value is -1.89. The predicted octanol–water partition coefficient (Wildman–Crippen LogP) is 3.83. The van der Waals surface area contributed by atoms with Gasteiger partial charge in [-0.3, -0.25) is 0 Å². The lowest BCUT2D eigenvalue weighted by molar-refractivity contribution is -0.204. The summed E-state index contributed by atoms with van der Waals surface area (Å²) in [5, 5.41) is 5.54. The lowest BCUT2D eigenvalue weighted by Crippen LogP contribution is -2.50. The number of carboxylic acid groups (broad SMARTS) is 1. The Kier molecular flexibility index (Phi) is 4.28. The normalized spacial score (nSPS) is 20.7. The van der Waals surface area contributed by atoms with Crippen molar-refractivity contribution < 1.29 is 32.5 Å². The van der Waals surface area contributed by atoms with Crippen molar-refractivity contribution in [3.63, 3.8) is 0 Å². The molecule has 8 heteroatoms. The van der Waals surface area contributed by atoms with Crippen molar-refractivity contribution in [3.05, 3.63) is 29.3 Å². The second-order valence-electron chi connectivity index (χ2n) is 4.61. The van der Waals surface area contributed by atoms with Gasteiger partial charge in [-0.05, 0) is 24.6 Å². The van der Waals surface area contributed by atoms with Gasteiger partial charge in [-0.2, -0.15) is 13.2 Å². The van der Waals surface area contributed by atoms with Crippen molar-refractivity contribution in [1.82, 2.24) is 0 Å². The van der Waals surface area contributed by atoms with Crippen LogP contribution in [0.5, 0.6) is 11.5 Å². The largest absolute Gasteiger partial charge is 0.493 e. The number of halogens is 4. The number of carbonyl (C=O) groups is 1. The maximum Gasteiger partial charge on any atom is 0.448 e. The van der Waals surface area contributed by atoms with Crippen molar-refractivity contribution in [2.75, 3.05) is 6.61 Å². The molecular formula is C14H12ClF3O4. The zero-order valence-electron chi connectivity index (χ0n) is 11.4. The van der Waals surface area contributed by atoms with E-state index in [1.165, 1.54) is 18.2 Å². The summed E-state index contributed by atoms with van der Waals surface area (Å²) in [6, 6.07) is 4.18. The standard InChI is InChI=1S/C14H12ClF3O4/c1-2-5-21-9-4-3-8-6-10(12(19)20)13(15,14(16,17)18)22-11(8)7-9/h3-4,6-7H,2,5H2,1H3,(H,19,20). The number of rotatable bonds is 4. The zero-order valence-corrected chi connectivity index (χ0v) is 12.2. The number of carboxylic acids is 1. The molecule has 1 aromatic rings. The Morgan fingerprint density at radius 1 is 1.45 bits per heavy atom. The third-order valence-corrected chi connectivity index (χ3v) is 3.44. The van der Waals surface area contributed by atoms with Crippen molar-refractivity contribution in [1.29, 1.82) is 0 Å². The molecule has 22 heavy (non-hydrogen) atoms. The number of alkyl halides is 4. The topological polar surface area (TPSA) is 55.8 Å². The Balaban J connectivity index is 2.49. The number of benzene rings is 1. The number of hydrogen-bond donors (Lipinski definition) is 1. The molecule has 0 spiro atoms. The lowest BCUT2D eigenvalue weighted by Gasteiger charge is -2.34. The van der Waals surface area contributed by atoms with Gasteiger partial charge in [-0.1, -0.05) is 18.5 Å². The summed E-state index contributed by atoms with van der Waals surface area (Å²) in [4.78, 5) is 11.1. The van der Waals surface area contributed by atoms with Crippen LogP contribution >= 0.6 is 11.6 Å². The highest BCUT2D eigenvalue weighted by Gasteiger charge is 2.62. The third-order valence-electron chi connectivity index (χ3n) is 2.95. The molecule has 0 saturated heterocycles. The van der Waals surface area contributed by atoms with Gasteiger partial charge in [0.1, 0.15) is 17.1 Å². The predicted molar refractivity (Wildman–Crippen MR) is 73.1 cm³/mol. The van der Waals surface area contributed by atoms with Gasteiger partial charge in [-0.25, -0.2) is 4.79 Å². The Labute approximate surface area is 129 Å². The number of fused-ring (bicyclic) bond motifs is 1. The summed E-state index contributed by atoms with van der Waals surface area (Å²) in [6.07, 6.45) is -3.52. The summed E-state index contributed by atoms with van der Waals surface area (Å²) in [7, 11) is 0. The van der Waals surface area contributed by atoms with Gasteiger partial charge in [0.15, 0.2) is 0 Å². The summed E-state index contributed by atoms with van der Waals surface area (Å²) in [6.45, 7) is 2.27. The van der Waals surface area contributed by atoms with Gasteiger partial charge in [-0.15, -0.1) is 0 Å². The van der Waals surface area contributed by atoms with E-state index in [0.717, 1.165) is 12.5 Å². The number of ether oxygens (including phenoxy) is 2. The molecule has 2 rings (SSSR count). The molecular weight excluding hydrogens is 325 g/mol. The Bertz CT molecular complexity index is 627. The van der Waals surface area contributed by atoms with Gasteiger partial charge in [0.2, 0.25) is 0 Å². The summed E-state index contributed by atoms with van der Waals surface area (Å²) in [5.41, 5.74) is -0.904. The molecule has 0 amide bonds. The molecule has 0 aliphatic carbocycles. The molecule has 1 aliphatic heterocycles. The minimum atomic E-state index is -5.10. The van der Waals surface area contributed by atoms with Crippen molar-refractivity contribution >= 4 is 23.6 Å². The smallest absolute Gasteiger partial charge is 0.448 e. The van der Waals surface area contributed by atoms with Crippen LogP contribution in [0, 0.1) is 0 Å². The Morgan fingerprint density at radius 2 is 2.14 bits per heavy atom. The van der Waals surface area contributed by atoms with E-state index >= 15 is 0 Å². The van der Waals surface area contributed by atoms with Gasteiger partial charge >= 0.3 is 17.2 Å². The van der Waals surface area contributed by atoms with Crippen molar-refractivity contribution in [3.8, 4) is 11.5 Å².